The van der Waals surface area contributed by atoms with Crippen LogP contribution in [0.5, 0.6) is 0 Å². The molecule has 0 amide bonds. The first-order chi connectivity index (χ1) is 5.55. The maximum absolute atomic E-state index is 12.5. The average Bonchev–Trinajstić information content (AvgIpc) is 2.06. The molecule has 0 saturated heterocycles. The van der Waals surface area contributed by atoms with Crippen molar-refractivity contribution >= 4 is 0 Å². The van der Waals surface area contributed by atoms with Crippen molar-refractivity contribution in [3.05, 3.63) is 24.8 Å². The molecule has 0 radical (unpaired) electrons. The number of alkyl halides is 4. The number of hydrogen-bond acceptors (Lipinski definition) is 1. The second-order valence-electron chi connectivity index (χ2n) is 2.05. The molecule has 0 N–H and O–H groups in total. The van der Waals surface area contributed by atoms with E-state index in [1.54, 1.807) is 0 Å². The molecule has 0 aliphatic heterocycles. The summed E-state index contributed by atoms with van der Waals surface area (Å²) in [6.45, 7) is 0. The molecule has 6 heteroatoms. The lowest BCUT2D eigenvalue weighted by Crippen LogP contribution is -2.54. The van der Waals surface area contributed by atoms with Crippen molar-refractivity contribution < 1.29 is 22.1 Å². The van der Waals surface area contributed by atoms with Gasteiger partial charge in [0.25, 0.3) is 6.33 Å². The van der Waals surface area contributed by atoms with E-state index < -0.39 is 12.5 Å². The number of aromatic nitrogens is 2. The van der Waals surface area contributed by atoms with Gasteiger partial charge in [-0.05, 0) is 0 Å². The Morgan fingerprint density at radius 2 is 2.00 bits per heavy atom. The Morgan fingerprint density at radius 1 is 1.33 bits per heavy atom. The van der Waals surface area contributed by atoms with E-state index >= 15 is 0 Å². The van der Waals surface area contributed by atoms with Crippen molar-refractivity contribution in [2.45, 2.75) is 12.5 Å². The summed E-state index contributed by atoms with van der Waals surface area (Å²) in [6, 6.07) is -3.04. The average molecular weight is 181 g/mol. The maximum Gasteiger partial charge on any atom is 0.459 e. The van der Waals surface area contributed by atoms with Crippen LogP contribution in [0.1, 0.15) is 0 Å². The minimum Gasteiger partial charge on any atom is -0.198 e. The lowest BCUT2D eigenvalue weighted by atomic mass is 10.5. The first-order valence-corrected chi connectivity index (χ1v) is 3.03. The molecule has 66 valence electrons. The van der Waals surface area contributed by atoms with Crippen molar-refractivity contribution in [1.82, 2.24) is 4.98 Å². The fourth-order valence-electron chi connectivity index (χ4n) is 0.619. The van der Waals surface area contributed by atoms with E-state index in [1.165, 1.54) is 6.20 Å². The van der Waals surface area contributed by atoms with E-state index in [4.69, 9.17) is 0 Å². The predicted molar refractivity (Wildman–Crippen MR) is 30.6 cm³/mol. The van der Waals surface area contributed by atoms with Crippen LogP contribution < -0.4 is 4.57 Å². The van der Waals surface area contributed by atoms with Gasteiger partial charge in [0.15, 0.2) is 0 Å². The molecule has 2 nitrogen and oxygen atoms in total. The summed E-state index contributed by atoms with van der Waals surface area (Å²) in [6.07, 6.45) is -1.03. The zero-order chi connectivity index (χ0) is 9.19. The molecule has 0 unspecified atom stereocenters. The van der Waals surface area contributed by atoms with Crippen molar-refractivity contribution in [2.24, 2.45) is 0 Å². The number of nitrogens with zero attached hydrogens (tertiary/aromatic N) is 2. The lowest BCUT2D eigenvalue weighted by molar-refractivity contribution is -0.836. The molecule has 0 atom stereocenters. The summed E-state index contributed by atoms with van der Waals surface area (Å²) >= 11 is 0. The van der Waals surface area contributed by atoms with Gasteiger partial charge in [0, 0.05) is 6.07 Å². The number of rotatable bonds is 2. The molecule has 0 aliphatic rings. The van der Waals surface area contributed by atoms with Gasteiger partial charge < -0.3 is 0 Å². The molecule has 1 rings (SSSR count). The topological polar surface area (TPSA) is 16.8 Å². The normalized spacial score (nSPS) is 12.1. The predicted octanol–water partition coefficient (Wildman–Crippen LogP) is 1.18. The third-order valence-corrected chi connectivity index (χ3v) is 1.22. The molecule has 0 aliphatic carbocycles. The van der Waals surface area contributed by atoms with E-state index in [2.05, 4.69) is 4.98 Å². The Morgan fingerprint density at radius 3 is 2.42 bits per heavy atom. The zero-order valence-electron chi connectivity index (χ0n) is 5.79. The second-order valence-corrected chi connectivity index (χ2v) is 2.05. The molecule has 0 fully saturated rings. The molecule has 1 aromatic rings. The van der Waals surface area contributed by atoms with Crippen molar-refractivity contribution in [3.63, 3.8) is 0 Å². The van der Waals surface area contributed by atoms with E-state index in [9.17, 15) is 17.6 Å². The highest BCUT2D eigenvalue weighted by atomic mass is 19.3. The highest BCUT2D eigenvalue weighted by Gasteiger charge is 2.47. The molecule has 1 aromatic heterocycles. The fourth-order valence-corrected chi connectivity index (χ4v) is 0.619. The zero-order valence-corrected chi connectivity index (χ0v) is 5.79. The fraction of sp³-hybridized carbons (Fsp3) is 0.333. The van der Waals surface area contributed by atoms with Gasteiger partial charge in [0.05, 0.1) is 0 Å². The molecule has 0 spiro atoms. The minimum atomic E-state index is -4.19. The van der Waals surface area contributed by atoms with E-state index in [-0.39, 0.29) is 4.57 Å². The molecule has 0 saturated carbocycles. The summed E-state index contributed by atoms with van der Waals surface area (Å²) in [5.74, 6) is 0. The quantitative estimate of drug-likeness (QED) is 0.494. The van der Waals surface area contributed by atoms with Gasteiger partial charge in [-0.1, -0.05) is 4.98 Å². The highest BCUT2D eigenvalue weighted by molar-refractivity contribution is 4.70. The van der Waals surface area contributed by atoms with E-state index in [0.717, 1.165) is 12.3 Å². The van der Waals surface area contributed by atoms with Gasteiger partial charge in [0.1, 0.15) is 12.4 Å². The van der Waals surface area contributed by atoms with Crippen molar-refractivity contribution in [3.8, 4) is 0 Å². The van der Waals surface area contributed by atoms with Crippen LogP contribution in [-0.2, 0) is 6.05 Å². The third-order valence-electron chi connectivity index (χ3n) is 1.22. The van der Waals surface area contributed by atoms with E-state index in [0.29, 0.717) is 6.33 Å². The van der Waals surface area contributed by atoms with Crippen molar-refractivity contribution in [1.29, 1.82) is 0 Å². The smallest absolute Gasteiger partial charge is 0.198 e. The van der Waals surface area contributed by atoms with Crippen LogP contribution in [0.25, 0.3) is 0 Å². The van der Waals surface area contributed by atoms with Gasteiger partial charge in [-0.3, -0.25) is 0 Å². The molecule has 0 aromatic carbocycles. The number of hydrogen-bond donors (Lipinski definition) is 0. The SMILES string of the molecule is FC(F)C(F)(F)[n+]1cccnc1. The lowest BCUT2D eigenvalue weighted by Gasteiger charge is -2.10. The summed E-state index contributed by atoms with van der Waals surface area (Å²) in [4.78, 5) is 3.28. The first-order valence-electron chi connectivity index (χ1n) is 3.03. The van der Waals surface area contributed by atoms with Crippen LogP contribution in [0.3, 0.4) is 0 Å². The third kappa shape index (κ3) is 1.51. The van der Waals surface area contributed by atoms with Crippen molar-refractivity contribution in [2.75, 3.05) is 0 Å². The van der Waals surface area contributed by atoms with Crippen LogP contribution in [0.4, 0.5) is 17.6 Å². The van der Waals surface area contributed by atoms with Crippen LogP contribution in [0, 0.1) is 0 Å². The minimum absolute atomic E-state index is 0.0671. The van der Waals surface area contributed by atoms with Gasteiger partial charge in [0.2, 0.25) is 0 Å². The Bertz CT molecular complexity index is 249. The summed E-state index contributed by atoms with van der Waals surface area (Å²) in [7, 11) is 0. The molecule has 0 bridgehead atoms. The molecular formula is C6H5F4N2+. The van der Waals surface area contributed by atoms with Crippen LogP contribution in [0.15, 0.2) is 24.8 Å². The monoisotopic (exact) mass is 181 g/mol. The largest absolute Gasteiger partial charge is 0.459 e. The Labute approximate surface area is 65.5 Å². The summed E-state index contributed by atoms with van der Waals surface area (Å²) in [5, 5.41) is 0. The van der Waals surface area contributed by atoms with Crippen LogP contribution in [-0.4, -0.2) is 11.4 Å². The standard InChI is InChI=1S/C6H5F4N2/c7-5(8)6(9,10)12-3-1-2-11-4-12/h1-5H/q+1. The number of halogens is 4. The molecular weight excluding hydrogens is 176 g/mol. The summed E-state index contributed by atoms with van der Waals surface area (Å²) < 4.78 is 48.4. The molecule has 12 heavy (non-hydrogen) atoms. The first kappa shape index (κ1) is 8.89. The van der Waals surface area contributed by atoms with Gasteiger partial charge in [-0.15, -0.1) is 0 Å². The van der Waals surface area contributed by atoms with E-state index in [1.807, 2.05) is 0 Å². The summed E-state index contributed by atoms with van der Waals surface area (Å²) in [5.41, 5.74) is 0. The van der Waals surface area contributed by atoms with Gasteiger partial charge in [-0.2, -0.15) is 22.1 Å². The Balaban J connectivity index is 2.98. The van der Waals surface area contributed by atoms with Crippen LogP contribution in [0.2, 0.25) is 0 Å². The van der Waals surface area contributed by atoms with Crippen LogP contribution >= 0.6 is 0 Å². The Kier molecular flexibility index (Phi) is 2.25. The Hall–Kier alpha value is -1.20. The maximum atomic E-state index is 12.5. The van der Waals surface area contributed by atoms with Gasteiger partial charge >= 0.3 is 12.5 Å². The molecule has 1 heterocycles. The second kappa shape index (κ2) is 3.04. The highest BCUT2D eigenvalue weighted by Crippen LogP contribution is 2.21. The van der Waals surface area contributed by atoms with Gasteiger partial charge in [-0.25, -0.2) is 0 Å².